The number of carbonyl (C=O) groups is 1. The second kappa shape index (κ2) is 9.35. The van der Waals surface area contributed by atoms with Crippen LogP contribution in [0.4, 0.5) is 0 Å². The number of rotatable bonds is 6. The van der Waals surface area contributed by atoms with Crippen molar-refractivity contribution < 1.29 is 14.3 Å². The van der Waals surface area contributed by atoms with Crippen molar-refractivity contribution in [3.8, 4) is 11.5 Å². The first-order chi connectivity index (χ1) is 11.9. The molecule has 132 valence electrons. The Labute approximate surface area is 171 Å². The average Bonchev–Trinajstić information content (AvgIpc) is 2.54. The third-order valence-corrected chi connectivity index (χ3v) is 4.87. The fourth-order valence-corrected chi connectivity index (χ4v) is 4.14. The summed E-state index contributed by atoms with van der Waals surface area (Å²) in [6.07, 6.45) is 1.54. The predicted octanol–water partition coefficient (Wildman–Crippen LogP) is 4.82. The average molecular weight is 535 g/mol. The summed E-state index contributed by atoms with van der Waals surface area (Å²) in [6, 6.07) is 9.31. The van der Waals surface area contributed by atoms with Gasteiger partial charge in [0.15, 0.2) is 6.61 Å². The molecule has 0 fully saturated rings. The molecule has 0 saturated heterocycles. The second-order valence-electron chi connectivity index (χ2n) is 5.03. The van der Waals surface area contributed by atoms with Crippen molar-refractivity contribution in [3.63, 3.8) is 0 Å². The van der Waals surface area contributed by atoms with Crippen LogP contribution in [0.25, 0.3) is 0 Å². The van der Waals surface area contributed by atoms with Crippen molar-refractivity contribution in [1.29, 1.82) is 0 Å². The number of halogens is 3. The fourth-order valence-electron chi connectivity index (χ4n) is 1.94. The number of benzene rings is 2. The molecule has 2 aromatic carbocycles. The summed E-state index contributed by atoms with van der Waals surface area (Å²) in [5.74, 6) is 0.941. The van der Waals surface area contributed by atoms with Crippen molar-refractivity contribution in [3.05, 3.63) is 54.9 Å². The van der Waals surface area contributed by atoms with E-state index in [4.69, 9.17) is 9.47 Å². The maximum absolute atomic E-state index is 11.9. The first kappa shape index (κ1) is 19.9. The number of methoxy groups -OCH3 is 1. The summed E-state index contributed by atoms with van der Waals surface area (Å²) < 4.78 is 13.1. The van der Waals surface area contributed by atoms with Crippen molar-refractivity contribution >= 4 is 59.9 Å². The molecule has 0 aliphatic heterocycles. The van der Waals surface area contributed by atoms with E-state index in [9.17, 15) is 4.79 Å². The summed E-state index contributed by atoms with van der Waals surface area (Å²) in [7, 11) is 1.60. The monoisotopic (exact) mass is 532 g/mol. The predicted molar refractivity (Wildman–Crippen MR) is 109 cm³/mol. The number of ether oxygens (including phenoxy) is 2. The Kier molecular flexibility index (Phi) is 7.46. The lowest BCUT2D eigenvalue weighted by Crippen LogP contribution is -2.24. The minimum atomic E-state index is -0.358. The van der Waals surface area contributed by atoms with Crippen LogP contribution in [0.5, 0.6) is 11.5 Å². The molecule has 8 heteroatoms. The molecular weight excluding hydrogens is 520 g/mol. The molecule has 0 saturated carbocycles. The lowest BCUT2D eigenvalue weighted by Gasteiger charge is -2.10. The number of aryl methyl sites for hydroxylation is 1. The number of carbonyl (C=O) groups excluding carboxylic acids is 1. The molecule has 0 bridgehead atoms. The largest absolute Gasteiger partial charge is 0.496 e. The van der Waals surface area contributed by atoms with Crippen LogP contribution in [0.2, 0.25) is 0 Å². The summed E-state index contributed by atoms with van der Waals surface area (Å²) in [4.78, 5) is 11.9. The van der Waals surface area contributed by atoms with Gasteiger partial charge in [-0.15, -0.1) is 0 Å². The second-order valence-corrected chi connectivity index (χ2v) is 7.60. The zero-order chi connectivity index (χ0) is 18.4. The van der Waals surface area contributed by atoms with Gasteiger partial charge in [0.05, 0.1) is 26.7 Å². The zero-order valence-electron chi connectivity index (χ0n) is 13.5. The van der Waals surface area contributed by atoms with Gasteiger partial charge in [-0.05, 0) is 96.2 Å². The molecule has 5 nitrogen and oxygen atoms in total. The summed E-state index contributed by atoms with van der Waals surface area (Å²) in [5, 5.41) is 3.92. The molecule has 2 aromatic rings. The van der Waals surface area contributed by atoms with Gasteiger partial charge in [0, 0.05) is 0 Å². The van der Waals surface area contributed by atoms with E-state index in [1.54, 1.807) is 13.3 Å². The highest BCUT2D eigenvalue weighted by Crippen LogP contribution is 2.34. The number of amides is 1. The number of hydrogen-bond donors (Lipinski definition) is 1. The molecule has 25 heavy (non-hydrogen) atoms. The quantitative estimate of drug-likeness (QED) is 0.427. The Morgan fingerprint density at radius 1 is 1.16 bits per heavy atom. The number of nitrogens with zero attached hydrogens (tertiary/aromatic N) is 1. The molecule has 0 radical (unpaired) electrons. The third kappa shape index (κ3) is 5.83. The van der Waals surface area contributed by atoms with Gasteiger partial charge in [0.25, 0.3) is 5.91 Å². The van der Waals surface area contributed by atoms with Gasteiger partial charge in [-0.25, -0.2) is 5.43 Å². The van der Waals surface area contributed by atoms with Crippen molar-refractivity contribution in [1.82, 2.24) is 5.43 Å². The normalized spacial score (nSPS) is 10.8. The summed E-state index contributed by atoms with van der Waals surface area (Å²) in [6.45, 7) is 1.82. The Morgan fingerprint density at radius 3 is 2.44 bits per heavy atom. The molecule has 2 rings (SSSR count). The van der Waals surface area contributed by atoms with Gasteiger partial charge in [-0.3, -0.25) is 4.79 Å². The highest BCUT2D eigenvalue weighted by molar-refractivity contribution is 9.11. The van der Waals surface area contributed by atoms with E-state index in [0.717, 1.165) is 30.3 Å². The highest BCUT2D eigenvalue weighted by Gasteiger charge is 2.10. The molecule has 0 unspecified atom stereocenters. The van der Waals surface area contributed by atoms with Crippen LogP contribution in [-0.2, 0) is 4.79 Å². The van der Waals surface area contributed by atoms with E-state index < -0.39 is 0 Å². The minimum absolute atomic E-state index is 0.149. The van der Waals surface area contributed by atoms with Crippen LogP contribution in [-0.4, -0.2) is 25.8 Å². The van der Waals surface area contributed by atoms with E-state index in [2.05, 4.69) is 58.3 Å². The maximum Gasteiger partial charge on any atom is 0.277 e. The van der Waals surface area contributed by atoms with Crippen LogP contribution in [0, 0.1) is 6.92 Å². The fraction of sp³-hybridized carbons (Fsp3) is 0.176. The van der Waals surface area contributed by atoms with E-state index in [0.29, 0.717) is 5.75 Å². The standard InChI is InChI=1S/C17H15Br3N2O3/c1-10-5-13(19)17(14(20)6-10)25-9-16(23)22-21-8-11-3-4-15(24-2)12(18)7-11/h3-8H,9H2,1-2H3,(H,22,23). The van der Waals surface area contributed by atoms with Crippen LogP contribution in [0.15, 0.2) is 48.9 Å². The molecule has 1 amide bonds. The molecule has 0 aliphatic rings. The van der Waals surface area contributed by atoms with Gasteiger partial charge in [0.2, 0.25) is 0 Å². The van der Waals surface area contributed by atoms with Gasteiger partial charge in [-0.1, -0.05) is 0 Å². The summed E-state index contributed by atoms with van der Waals surface area (Å²) in [5.41, 5.74) is 4.32. The zero-order valence-corrected chi connectivity index (χ0v) is 18.2. The molecule has 0 aromatic heterocycles. The highest BCUT2D eigenvalue weighted by atomic mass is 79.9. The number of hydrogen-bond acceptors (Lipinski definition) is 4. The van der Waals surface area contributed by atoms with Gasteiger partial charge >= 0.3 is 0 Å². The Morgan fingerprint density at radius 2 is 1.84 bits per heavy atom. The van der Waals surface area contributed by atoms with Crippen molar-refractivity contribution in [2.45, 2.75) is 6.92 Å². The van der Waals surface area contributed by atoms with Crippen LogP contribution in [0.1, 0.15) is 11.1 Å². The first-order valence-corrected chi connectivity index (χ1v) is 9.52. The van der Waals surface area contributed by atoms with E-state index >= 15 is 0 Å². The molecule has 0 aliphatic carbocycles. The number of hydrazone groups is 1. The Balaban J connectivity index is 1.90. The van der Waals surface area contributed by atoms with Gasteiger partial charge in [0.1, 0.15) is 11.5 Å². The van der Waals surface area contributed by atoms with Crippen molar-refractivity contribution in [2.24, 2.45) is 5.10 Å². The molecule has 0 atom stereocenters. The minimum Gasteiger partial charge on any atom is -0.496 e. The van der Waals surface area contributed by atoms with E-state index in [1.807, 2.05) is 37.3 Å². The Hall–Kier alpha value is -1.38. The first-order valence-electron chi connectivity index (χ1n) is 7.14. The van der Waals surface area contributed by atoms with Crippen LogP contribution >= 0.6 is 47.8 Å². The van der Waals surface area contributed by atoms with Gasteiger partial charge < -0.3 is 9.47 Å². The molecule has 0 spiro atoms. The van der Waals surface area contributed by atoms with Crippen LogP contribution in [0.3, 0.4) is 0 Å². The third-order valence-electron chi connectivity index (χ3n) is 3.07. The van der Waals surface area contributed by atoms with E-state index in [1.165, 1.54) is 0 Å². The lowest BCUT2D eigenvalue weighted by molar-refractivity contribution is -0.123. The van der Waals surface area contributed by atoms with E-state index in [-0.39, 0.29) is 12.5 Å². The molecule has 0 heterocycles. The topological polar surface area (TPSA) is 59.9 Å². The van der Waals surface area contributed by atoms with Crippen molar-refractivity contribution in [2.75, 3.05) is 13.7 Å². The number of nitrogens with one attached hydrogen (secondary N) is 1. The van der Waals surface area contributed by atoms with Crippen LogP contribution < -0.4 is 14.9 Å². The molecular formula is C17H15Br3N2O3. The smallest absolute Gasteiger partial charge is 0.277 e. The maximum atomic E-state index is 11.9. The Bertz CT molecular complexity index is 787. The molecule has 1 N–H and O–H groups in total. The summed E-state index contributed by atoms with van der Waals surface area (Å²) >= 11 is 10.2. The SMILES string of the molecule is COc1ccc(C=NNC(=O)COc2c(Br)cc(C)cc2Br)cc1Br. The lowest BCUT2D eigenvalue weighted by atomic mass is 10.2. The van der Waals surface area contributed by atoms with Gasteiger partial charge in [-0.2, -0.15) is 5.10 Å².